The van der Waals surface area contributed by atoms with Crippen molar-refractivity contribution >= 4 is 27.7 Å². The topological polar surface area (TPSA) is 26.3 Å². The summed E-state index contributed by atoms with van der Waals surface area (Å²) in [5.74, 6) is 1.12. The van der Waals surface area contributed by atoms with Gasteiger partial charge < -0.3 is 9.53 Å². The first-order valence-corrected chi connectivity index (χ1v) is 6.13. The van der Waals surface area contributed by atoms with Crippen LogP contribution in [0, 0.1) is 0 Å². The molecule has 0 aliphatic heterocycles. The number of methoxy groups -OCH3 is 1. The zero-order valence-electron chi connectivity index (χ0n) is 9.40. The zero-order chi connectivity index (χ0) is 11.5. The van der Waals surface area contributed by atoms with Crippen LogP contribution in [0.3, 0.4) is 0 Å². The Bertz CT molecular complexity index is 502. The molecule has 0 saturated carbocycles. The lowest BCUT2D eigenvalue weighted by Crippen LogP contribution is -1.98. The van der Waals surface area contributed by atoms with Gasteiger partial charge in [0.15, 0.2) is 0 Å². The van der Waals surface area contributed by atoms with E-state index in [9.17, 15) is 4.79 Å². The van der Waals surface area contributed by atoms with Gasteiger partial charge in [0, 0.05) is 16.5 Å². The molecule has 3 heteroatoms. The summed E-state index contributed by atoms with van der Waals surface area (Å²) in [6, 6.07) is 6.22. The number of carbonyl (C=O) groups is 1. The summed E-state index contributed by atoms with van der Waals surface area (Å²) in [6.45, 7) is 2.05. The molecule has 0 bridgehead atoms. The molecule has 1 atom stereocenters. The maximum atomic E-state index is 10.6. The molecular formula is C13H14O2S. The summed E-state index contributed by atoms with van der Waals surface area (Å²) in [4.78, 5) is 10.6. The van der Waals surface area contributed by atoms with Gasteiger partial charge in [-0.05, 0) is 29.0 Å². The number of hydrogen-bond acceptors (Lipinski definition) is 3. The molecule has 0 aliphatic carbocycles. The number of hydrogen-bond donors (Lipinski definition) is 0. The highest BCUT2D eigenvalue weighted by Gasteiger charge is 2.14. The Morgan fingerprint density at radius 3 is 2.94 bits per heavy atom. The Morgan fingerprint density at radius 1 is 1.44 bits per heavy atom. The van der Waals surface area contributed by atoms with E-state index < -0.39 is 0 Å². The molecule has 0 N–H and O–H groups in total. The van der Waals surface area contributed by atoms with Gasteiger partial charge in [-0.15, -0.1) is 11.3 Å². The molecule has 0 aliphatic rings. The van der Waals surface area contributed by atoms with Crippen LogP contribution in [0.5, 0.6) is 5.75 Å². The second kappa shape index (κ2) is 4.66. The number of thiophene rings is 1. The molecule has 2 rings (SSSR count). The summed E-state index contributed by atoms with van der Waals surface area (Å²) in [6.07, 6.45) is 1.49. The molecule has 0 radical (unpaired) electrons. The van der Waals surface area contributed by atoms with Crippen molar-refractivity contribution in [1.29, 1.82) is 0 Å². The van der Waals surface area contributed by atoms with Gasteiger partial charge >= 0.3 is 0 Å². The quantitative estimate of drug-likeness (QED) is 0.755. The van der Waals surface area contributed by atoms with Crippen LogP contribution >= 0.6 is 11.3 Å². The molecule has 1 aromatic heterocycles. The van der Waals surface area contributed by atoms with Gasteiger partial charge in [0.2, 0.25) is 0 Å². The molecule has 0 saturated heterocycles. The lowest BCUT2D eigenvalue weighted by molar-refractivity contribution is -0.108. The minimum Gasteiger partial charge on any atom is -0.496 e. The predicted molar refractivity (Wildman–Crippen MR) is 67.5 cm³/mol. The van der Waals surface area contributed by atoms with E-state index in [2.05, 4.69) is 23.6 Å². The summed E-state index contributed by atoms with van der Waals surface area (Å²) >= 11 is 1.70. The van der Waals surface area contributed by atoms with Crippen LogP contribution in [-0.4, -0.2) is 13.4 Å². The molecular weight excluding hydrogens is 220 g/mol. The van der Waals surface area contributed by atoms with E-state index in [-0.39, 0.29) is 5.92 Å². The van der Waals surface area contributed by atoms with Gasteiger partial charge in [0.25, 0.3) is 0 Å². The number of fused-ring (bicyclic) bond motifs is 1. The molecule has 1 unspecified atom stereocenters. The summed E-state index contributed by atoms with van der Waals surface area (Å²) in [7, 11) is 1.68. The minimum atomic E-state index is 0.205. The van der Waals surface area contributed by atoms with Gasteiger partial charge in [0.1, 0.15) is 12.0 Å². The van der Waals surface area contributed by atoms with Gasteiger partial charge in [0.05, 0.1) is 7.11 Å². The van der Waals surface area contributed by atoms with E-state index in [4.69, 9.17) is 4.74 Å². The van der Waals surface area contributed by atoms with Crippen LogP contribution in [0.4, 0.5) is 0 Å². The Morgan fingerprint density at radius 2 is 2.25 bits per heavy atom. The van der Waals surface area contributed by atoms with Gasteiger partial charge in [-0.25, -0.2) is 0 Å². The van der Waals surface area contributed by atoms with Crippen molar-refractivity contribution in [2.45, 2.75) is 19.3 Å². The fourth-order valence-electron chi connectivity index (χ4n) is 1.92. The third kappa shape index (κ3) is 1.83. The molecule has 2 nitrogen and oxygen atoms in total. The third-order valence-electron chi connectivity index (χ3n) is 2.80. The van der Waals surface area contributed by atoms with Crippen molar-refractivity contribution in [3.63, 3.8) is 0 Å². The Hall–Kier alpha value is -1.35. The smallest absolute Gasteiger partial charge is 0.131 e. The number of benzene rings is 1. The largest absolute Gasteiger partial charge is 0.496 e. The molecule has 0 spiro atoms. The lowest BCUT2D eigenvalue weighted by atomic mass is 9.96. The van der Waals surface area contributed by atoms with Gasteiger partial charge in [-0.2, -0.15) is 0 Å². The third-order valence-corrected chi connectivity index (χ3v) is 3.68. The van der Waals surface area contributed by atoms with Crippen molar-refractivity contribution in [2.75, 3.05) is 7.11 Å². The summed E-state index contributed by atoms with van der Waals surface area (Å²) in [5, 5.41) is 3.20. The van der Waals surface area contributed by atoms with E-state index in [1.165, 1.54) is 4.70 Å². The van der Waals surface area contributed by atoms with Crippen molar-refractivity contribution < 1.29 is 9.53 Å². The number of ether oxygens (including phenoxy) is 1. The molecule has 0 amide bonds. The van der Waals surface area contributed by atoms with Crippen LogP contribution in [0.15, 0.2) is 23.6 Å². The number of carbonyl (C=O) groups excluding carboxylic acids is 1. The summed E-state index contributed by atoms with van der Waals surface area (Å²) in [5.41, 5.74) is 1.11. The average molecular weight is 234 g/mol. The highest BCUT2D eigenvalue weighted by atomic mass is 32.1. The van der Waals surface area contributed by atoms with Crippen LogP contribution < -0.4 is 4.74 Å². The van der Waals surface area contributed by atoms with Gasteiger partial charge in [-0.1, -0.05) is 13.0 Å². The van der Waals surface area contributed by atoms with E-state index in [0.29, 0.717) is 6.42 Å². The Labute approximate surface area is 98.9 Å². The predicted octanol–water partition coefficient (Wildman–Crippen LogP) is 3.60. The van der Waals surface area contributed by atoms with Crippen molar-refractivity contribution in [3.8, 4) is 5.75 Å². The van der Waals surface area contributed by atoms with E-state index in [0.717, 1.165) is 23.0 Å². The molecule has 16 heavy (non-hydrogen) atoms. The molecule has 1 heterocycles. The van der Waals surface area contributed by atoms with E-state index in [1.807, 2.05) is 6.92 Å². The highest BCUT2D eigenvalue weighted by molar-refractivity contribution is 7.17. The minimum absolute atomic E-state index is 0.205. The fourth-order valence-corrected chi connectivity index (χ4v) is 2.71. The second-order valence-corrected chi connectivity index (χ2v) is 4.77. The van der Waals surface area contributed by atoms with E-state index >= 15 is 0 Å². The van der Waals surface area contributed by atoms with Crippen molar-refractivity contribution in [2.24, 2.45) is 0 Å². The number of rotatable bonds is 4. The molecule has 2 aromatic rings. The first kappa shape index (κ1) is 11.1. The Kier molecular flexibility index (Phi) is 3.25. The average Bonchev–Trinajstić information content (AvgIpc) is 2.75. The molecule has 84 valence electrons. The standard InChI is InChI=1S/C13H14O2S/c1-9(5-7-14)10-3-4-12-11(6-8-16-12)13(10)15-2/h3-4,6-9H,5H2,1-2H3. The first-order valence-electron chi connectivity index (χ1n) is 5.25. The second-order valence-electron chi connectivity index (χ2n) is 3.82. The maximum absolute atomic E-state index is 10.6. The van der Waals surface area contributed by atoms with Crippen LogP contribution in [-0.2, 0) is 4.79 Å². The lowest BCUT2D eigenvalue weighted by Gasteiger charge is -2.14. The molecule has 0 fully saturated rings. The zero-order valence-corrected chi connectivity index (χ0v) is 10.2. The maximum Gasteiger partial charge on any atom is 0.131 e. The van der Waals surface area contributed by atoms with Crippen LogP contribution in [0.1, 0.15) is 24.8 Å². The summed E-state index contributed by atoms with van der Waals surface area (Å²) < 4.78 is 6.70. The monoisotopic (exact) mass is 234 g/mol. The SMILES string of the molecule is COc1c(C(C)CC=O)ccc2sccc12. The Balaban J connectivity index is 2.55. The molecule has 1 aromatic carbocycles. The van der Waals surface area contributed by atoms with Crippen LogP contribution in [0.25, 0.3) is 10.1 Å². The van der Waals surface area contributed by atoms with Crippen LogP contribution in [0.2, 0.25) is 0 Å². The first-order chi connectivity index (χ1) is 7.77. The van der Waals surface area contributed by atoms with Crippen molar-refractivity contribution in [3.05, 3.63) is 29.1 Å². The van der Waals surface area contributed by atoms with Gasteiger partial charge in [-0.3, -0.25) is 0 Å². The van der Waals surface area contributed by atoms with Crippen molar-refractivity contribution in [1.82, 2.24) is 0 Å². The normalized spacial score (nSPS) is 12.6. The van der Waals surface area contributed by atoms with E-state index in [1.54, 1.807) is 18.4 Å². The number of aldehydes is 1. The highest BCUT2D eigenvalue weighted by Crippen LogP contribution is 2.37. The fraction of sp³-hybridized carbons (Fsp3) is 0.308.